The number of rotatable bonds is 6. The lowest BCUT2D eigenvalue weighted by Crippen LogP contribution is -2.50. The van der Waals surface area contributed by atoms with Crippen molar-refractivity contribution in [3.8, 4) is 0 Å². The molecule has 4 rings (SSSR count). The van der Waals surface area contributed by atoms with Gasteiger partial charge in [-0.05, 0) is 36.6 Å². The van der Waals surface area contributed by atoms with E-state index < -0.39 is 22.2 Å². The molecular weight excluding hydrogens is 591 g/mol. The molecule has 2 saturated heterocycles. The Morgan fingerprint density at radius 3 is 2.20 bits per heavy atom. The van der Waals surface area contributed by atoms with E-state index in [-0.39, 0.29) is 16.2 Å². The number of thiophene rings is 1. The van der Waals surface area contributed by atoms with Gasteiger partial charge >= 0.3 is 18.2 Å². The maximum absolute atomic E-state index is 13.2. The van der Waals surface area contributed by atoms with E-state index in [1.54, 1.807) is 52.4 Å². The summed E-state index contributed by atoms with van der Waals surface area (Å²) >= 11 is 1.14. The van der Waals surface area contributed by atoms with E-state index in [0.717, 1.165) is 43.2 Å². The first-order valence-electron chi connectivity index (χ1n) is 12.5. The minimum absolute atomic E-state index is 0.202. The molecule has 2 aliphatic heterocycles. The number of nitrogens with one attached hydrogen (secondary N) is 2. The molecule has 1 aromatic carbocycles. The predicted molar refractivity (Wildman–Crippen MR) is 145 cm³/mol. The maximum Gasteiger partial charge on any atom is 0.490 e. The van der Waals surface area contributed by atoms with Gasteiger partial charge in [0.2, 0.25) is 0 Å². The van der Waals surface area contributed by atoms with E-state index in [9.17, 15) is 31.2 Å². The molecule has 3 heterocycles. The largest absolute Gasteiger partial charge is 0.490 e. The lowest BCUT2D eigenvalue weighted by Gasteiger charge is -2.34. The third-order valence-electron chi connectivity index (χ3n) is 6.04. The molecule has 0 radical (unpaired) electrons. The van der Waals surface area contributed by atoms with Crippen LogP contribution in [0.15, 0.2) is 39.9 Å². The molecule has 2 aromatic rings. The Kier molecular flexibility index (Phi) is 10.8. The number of piperazine rings is 2. The summed E-state index contributed by atoms with van der Waals surface area (Å²) in [6, 6.07) is 8.39. The number of anilines is 2. The van der Waals surface area contributed by atoms with Gasteiger partial charge in [-0.25, -0.2) is 18.0 Å². The average molecular weight is 622 g/mol. The molecular formula is C24H30F3N5O7S2. The van der Waals surface area contributed by atoms with Gasteiger partial charge < -0.3 is 29.9 Å². The van der Waals surface area contributed by atoms with Crippen LogP contribution in [-0.2, 0) is 19.6 Å². The minimum Gasteiger partial charge on any atom is -0.475 e. The molecule has 0 spiro atoms. The maximum atomic E-state index is 13.2. The standard InChI is InChI=1S/C22H29N5O5S2.C2HF3O2/c1-2-32-22(29)27-13-11-26(12-14-27)21(28)17-5-6-19(25-9-7-23-8-10-25)18(16-17)24-34(30,31)20-4-3-15-33-20;3-2(4,5)1(6)7/h3-6,15-16,23-24H,2,7-14H2,1H3;(H,6,7). The Morgan fingerprint density at radius 2 is 1.66 bits per heavy atom. The molecule has 0 saturated carbocycles. The van der Waals surface area contributed by atoms with Crippen LogP contribution in [0.2, 0.25) is 0 Å². The fourth-order valence-corrected chi connectivity index (χ4v) is 6.09. The molecule has 3 N–H and O–H groups in total. The Morgan fingerprint density at radius 1 is 1.05 bits per heavy atom. The van der Waals surface area contributed by atoms with E-state index >= 15 is 0 Å². The van der Waals surface area contributed by atoms with Crippen LogP contribution >= 0.6 is 11.3 Å². The van der Waals surface area contributed by atoms with Gasteiger partial charge in [0.25, 0.3) is 15.9 Å². The van der Waals surface area contributed by atoms with Crippen molar-refractivity contribution >= 4 is 50.7 Å². The highest BCUT2D eigenvalue weighted by molar-refractivity contribution is 7.94. The lowest BCUT2D eigenvalue weighted by atomic mass is 10.1. The molecule has 2 fully saturated rings. The van der Waals surface area contributed by atoms with Crippen LogP contribution in [0.1, 0.15) is 17.3 Å². The second kappa shape index (κ2) is 13.9. The predicted octanol–water partition coefficient (Wildman–Crippen LogP) is 2.51. The Labute approximate surface area is 238 Å². The molecule has 0 unspecified atom stereocenters. The normalized spacial score (nSPS) is 16.0. The summed E-state index contributed by atoms with van der Waals surface area (Å²) in [5, 5.41) is 12.1. The fourth-order valence-electron chi connectivity index (χ4n) is 4.03. The number of amides is 2. The fraction of sp³-hybridized carbons (Fsp3) is 0.458. The second-order valence-corrected chi connectivity index (χ2v) is 11.6. The Hall–Kier alpha value is -3.57. The number of benzene rings is 1. The highest BCUT2D eigenvalue weighted by Crippen LogP contribution is 2.31. The van der Waals surface area contributed by atoms with Crippen LogP contribution in [0.5, 0.6) is 0 Å². The monoisotopic (exact) mass is 621 g/mol. The summed E-state index contributed by atoms with van der Waals surface area (Å²) in [5.41, 5.74) is 1.52. The first-order valence-corrected chi connectivity index (χ1v) is 14.9. The van der Waals surface area contributed by atoms with Gasteiger partial charge in [-0.2, -0.15) is 13.2 Å². The van der Waals surface area contributed by atoms with E-state index in [2.05, 4.69) is 14.9 Å². The SMILES string of the molecule is CCOC(=O)N1CCN(C(=O)c2ccc(N3CCNCC3)c(NS(=O)(=O)c3cccs3)c2)CC1.O=C(O)C(F)(F)F. The summed E-state index contributed by atoms with van der Waals surface area (Å²) in [7, 11) is -3.78. The Balaban J connectivity index is 0.000000587. The van der Waals surface area contributed by atoms with Crippen LogP contribution in [0.4, 0.5) is 29.3 Å². The first-order chi connectivity index (χ1) is 19.3. The molecule has 12 nitrogen and oxygen atoms in total. The number of sulfonamides is 1. The zero-order chi connectivity index (χ0) is 30.2. The number of carboxylic acids is 1. The molecule has 0 atom stereocenters. The summed E-state index contributed by atoms with van der Waals surface area (Å²) in [4.78, 5) is 39.4. The van der Waals surface area contributed by atoms with E-state index in [0.29, 0.717) is 44.0 Å². The topological polar surface area (TPSA) is 149 Å². The van der Waals surface area contributed by atoms with Gasteiger partial charge in [0.15, 0.2) is 0 Å². The van der Waals surface area contributed by atoms with Gasteiger partial charge in [-0.3, -0.25) is 9.52 Å². The quantitative estimate of drug-likeness (QED) is 0.443. The number of alkyl halides is 3. The van der Waals surface area contributed by atoms with Crippen LogP contribution in [0.25, 0.3) is 0 Å². The smallest absolute Gasteiger partial charge is 0.475 e. The second-order valence-electron chi connectivity index (χ2n) is 8.79. The highest BCUT2D eigenvalue weighted by Gasteiger charge is 2.38. The number of hydrogen-bond acceptors (Lipinski definition) is 9. The molecule has 2 amide bonds. The number of carbonyl (C=O) groups excluding carboxylic acids is 2. The average Bonchev–Trinajstić information content (AvgIpc) is 3.49. The lowest BCUT2D eigenvalue weighted by molar-refractivity contribution is -0.192. The third-order valence-corrected chi connectivity index (χ3v) is 8.80. The molecule has 0 bridgehead atoms. The minimum atomic E-state index is -5.08. The van der Waals surface area contributed by atoms with Crippen molar-refractivity contribution < 1.29 is 45.8 Å². The van der Waals surface area contributed by atoms with Gasteiger partial charge in [0, 0.05) is 57.9 Å². The van der Waals surface area contributed by atoms with Crippen molar-refractivity contribution in [3.05, 3.63) is 41.3 Å². The summed E-state index contributed by atoms with van der Waals surface area (Å²) < 4.78 is 65.6. The van der Waals surface area contributed by atoms with Gasteiger partial charge in [0.1, 0.15) is 4.21 Å². The summed E-state index contributed by atoms with van der Waals surface area (Å²) in [5.74, 6) is -2.96. The van der Waals surface area contributed by atoms with Crippen molar-refractivity contribution in [1.29, 1.82) is 0 Å². The van der Waals surface area contributed by atoms with Crippen LogP contribution in [0, 0.1) is 0 Å². The zero-order valence-electron chi connectivity index (χ0n) is 22.0. The van der Waals surface area contributed by atoms with Crippen LogP contribution < -0.4 is 14.9 Å². The molecule has 0 aliphatic carbocycles. The number of ether oxygens (including phenoxy) is 1. The molecule has 1 aromatic heterocycles. The Bertz CT molecular complexity index is 1310. The number of halogens is 3. The number of nitrogens with zero attached hydrogens (tertiary/aromatic N) is 3. The van der Waals surface area contributed by atoms with Gasteiger partial charge in [-0.1, -0.05) is 6.07 Å². The van der Waals surface area contributed by atoms with E-state index in [1.807, 2.05) is 0 Å². The van der Waals surface area contributed by atoms with Crippen molar-refractivity contribution in [2.75, 3.05) is 68.6 Å². The van der Waals surface area contributed by atoms with Crippen molar-refractivity contribution in [2.45, 2.75) is 17.3 Å². The molecule has 226 valence electrons. The summed E-state index contributed by atoms with van der Waals surface area (Å²) in [6.07, 6.45) is -5.46. The molecule has 17 heteroatoms. The van der Waals surface area contributed by atoms with E-state index in [1.165, 1.54) is 0 Å². The zero-order valence-corrected chi connectivity index (χ0v) is 23.6. The van der Waals surface area contributed by atoms with Gasteiger partial charge in [0.05, 0.1) is 18.0 Å². The van der Waals surface area contributed by atoms with Crippen molar-refractivity contribution in [3.63, 3.8) is 0 Å². The van der Waals surface area contributed by atoms with Crippen LogP contribution in [-0.4, -0.2) is 106 Å². The van der Waals surface area contributed by atoms with Gasteiger partial charge in [-0.15, -0.1) is 11.3 Å². The summed E-state index contributed by atoms with van der Waals surface area (Å²) in [6.45, 7) is 6.66. The van der Waals surface area contributed by atoms with Crippen molar-refractivity contribution in [2.24, 2.45) is 0 Å². The first kappa shape index (κ1) is 32.0. The number of aliphatic carboxylic acids is 1. The highest BCUT2D eigenvalue weighted by atomic mass is 32.2. The third kappa shape index (κ3) is 8.71. The number of carboxylic acid groups (broad SMARTS) is 1. The number of hydrogen-bond donors (Lipinski definition) is 3. The molecule has 2 aliphatic rings. The van der Waals surface area contributed by atoms with E-state index in [4.69, 9.17) is 14.6 Å². The number of carbonyl (C=O) groups is 3. The molecule has 41 heavy (non-hydrogen) atoms. The van der Waals surface area contributed by atoms with Crippen molar-refractivity contribution in [1.82, 2.24) is 15.1 Å². The van der Waals surface area contributed by atoms with Crippen LogP contribution in [0.3, 0.4) is 0 Å².